The van der Waals surface area contributed by atoms with Gasteiger partial charge in [-0.1, -0.05) is 24.3 Å². The smallest absolute Gasteiger partial charge is 0.416 e. The van der Waals surface area contributed by atoms with Gasteiger partial charge < -0.3 is 9.84 Å². The van der Waals surface area contributed by atoms with Gasteiger partial charge in [0, 0.05) is 16.8 Å². The molecule has 9 heteroatoms. The highest BCUT2D eigenvalue weighted by Crippen LogP contribution is 2.44. The number of carbonyl (C=O) groups excluding carboxylic acids is 2. The van der Waals surface area contributed by atoms with Crippen LogP contribution in [0.25, 0.3) is 5.76 Å². The number of alkyl halides is 3. The van der Waals surface area contributed by atoms with Crippen LogP contribution in [0.1, 0.15) is 28.3 Å². The summed E-state index contributed by atoms with van der Waals surface area (Å²) in [5.41, 5.74) is -1.13. The molecule has 35 heavy (non-hydrogen) atoms. The van der Waals surface area contributed by atoms with Crippen molar-refractivity contribution in [3.05, 3.63) is 100 Å². The van der Waals surface area contributed by atoms with Crippen molar-refractivity contribution < 1.29 is 37.0 Å². The Bertz CT molecular complexity index is 1360. The van der Waals surface area contributed by atoms with E-state index in [0.717, 1.165) is 23.1 Å². The highest BCUT2D eigenvalue weighted by Gasteiger charge is 2.48. The van der Waals surface area contributed by atoms with Crippen LogP contribution in [0.4, 0.5) is 23.2 Å². The van der Waals surface area contributed by atoms with Crippen LogP contribution in [0.2, 0.25) is 0 Å². The molecule has 180 valence electrons. The molecule has 4 rings (SSSR count). The van der Waals surface area contributed by atoms with Gasteiger partial charge in [0.1, 0.15) is 17.3 Å². The Balaban J connectivity index is 1.97. The van der Waals surface area contributed by atoms with E-state index in [2.05, 4.69) is 0 Å². The van der Waals surface area contributed by atoms with Gasteiger partial charge in [-0.3, -0.25) is 14.5 Å². The predicted molar refractivity (Wildman–Crippen MR) is 120 cm³/mol. The largest absolute Gasteiger partial charge is 0.507 e. The SMILES string of the molecule is COc1ccc(/C(O)=C2\C(=O)C(=O)N(c3cccc(C(F)(F)F)c3)C2c2ccccc2F)cc1C. The lowest BCUT2D eigenvalue weighted by molar-refractivity contribution is -0.137. The van der Waals surface area contributed by atoms with Gasteiger partial charge in [-0.25, -0.2) is 4.39 Å². The van der Waals surface area contributed by atoms with Gasteiger partial charge in [0.2, 0.25) is 0 Å². The van der Waals surface area contributed by atoms with Crippen molar-refractivity contribution in [2.45, 2.75) is 19.1 Å². The number of Topliss-reactive ketones (excluding diaryl/α,β-unsaturated/α-hetero) is 1. The van der Waals surface area contributed by atoms with Crippen LogP contribution in [0.3, 0.4) is 0 Å². The summed E-state index contributed by atoms with van der Waals surface area (Å²) >= 11 is 0. The second-order valence-corrected chi connectivity index (χ2v) is 7.92. The standard InChI is InChI=1S/C26H19F4NO4/c1-14-12-15(10-11-20(14)35-2)23(32)21-22(18-8-3-4-9-19(18)27)31(25(34)24(21)33)17-7-5-6-16(13-17)26(28,29)30/h3-13,22,32H,1-2H3/b23-21+. The third-order valence-electron chi connectivity index (χ3n) is 5.76. The molecule has 0 radical (unpaired) electrons. The van der Waals surface area contributed by atoms with Crippen LogP contribution in [0.15, 0.2) is 72.3 Å². The van der Waals surface area contributed by atoms with E-state index in [4.69, 9.17) is 4.74 Å². The number of aliphatic hydroxyl groups excluding tert-OH is 1. The van der Waals surface area contributed by atoms with Gasteiger partial charge in [0.15, 0.2) is 0 Å². The zero-order valence-electron chi connectivity index (χ0n) is 18.6. The number of methoxy groups -OCH3 is 1. The van der Waals surface area contributed by atoms with Gasteiger partial charge in [0.25, 0.3) is 11.7 Å². The molecule has 1 amide bonds. The summed E-state index contributed by atoms with van der Waals surface area (Å²) in [6, 6.07) is 12.1. The molecule has 1 fully saturated rings. The molecular weight excluding hydrogens is 466 g/mol. The Morgan fingerprint density at radius 1 is 1.00 bits per heavy atom. The number of carbonyl (C=O) groups is 2. The first kappa shape index (κ1) is 24.0. The number of ketones is 1. The summed E-state index contributed by atoms with van der Waals surface area (Å²) in [7, 11) is 1.46. The van der Waals surface area contributed by atoms with Crippen LogP contribution >= 0.6 is 0 Å². The Hall–Kier alpha value is -4.14. The number of hydrogen-bond acceptors (Lipinski definition) is 4. The van der Waals surface area contributed by atoms with Crippen LogP contribution in [0.5, 0.6) is 5.75 Å². The minimum atomic E-state index is -4.71. The average Bonchev–Trinajstić information content (AvgIpc) is 3.08. The highest BCUT2D eigenvalue weighted by atomic mass is 19.4. The zero-order chi connectivity index (χ0) is 25.5. The molecule has 1 atom stereocenters. The second-order valence-electron chi connectivity index (χ2n) is 7.92. The molecule has 1 heterocycles. The van der Waals surface area contributed by atoms with E-state index in [1.807, 2.05) is 0 Å². The predicted octanol–water partition coefficient (Wildman–Crippen LogP) is 5.79. The molecule has 0 bridgehead atoms. The number of aryl methyl sites for hydroxylation is 1. The molecule has 0 spiro atoms. The van der Waals surface area contributed by atoms with Crippen molar-refractivity contribution in [1.29, 1.82) is 0 Å². The topological polar surface area (TPSA) is 66.8 Å². The van der Waals surface area contributed by atoms with Crippen molar-refractivity contribution in [3.63, 3.8) is 0 Å². The lowest BCUT2D eigenvalue weighted by atomic mass is 9.94. The summed E-state index contributed by atoms with van der Waals surface area (Å²) in [6.45, 7) is 1.70. The monoisotopic (exact) mass is 485 g/mol. The minimum absolute atomic E-state index is 0.157. The molecule has 0 aliphatic carbocycles. The third kappa shape index (κ3) is 4.25. The van der Waals surface area contributed by atoms with Crippen molar-refractivity contribution in [2.24, 2.45) is 0 Å². The van der Waals surface area contributed by atoms with Crippen molar-refractivity contribution in [1.82, 2.24) is 0 Å². The van der Waals surface area contributed by atoms with Gasteiger partial charge in [-0.15, -0.1) is 0 Å². The van der Waals surface area contributed by atoms with Crippen molar-refractivity contribution in [2.75, 3.05) is 12.0 Å². The summed E-state index contributed by atoms with van der Waals surface area (Å²) in [6.07, 6.45) is -4.71. The number of ether oxygens (including phenoxy) is 1. The lowest BCUT2D eigenvalue weighted by Gasteiger charge is -2.26. The highest BCUT2D eigenvalue weighted by molar-refractivity contribution is 6.51. The molecule has 3 aromatic carbocycles. The van der Waals surface area contributed by atoms with E-state index < -0.39 is 46.6 Å². The molecule has 3 aromatic rings. The Labute approximate surface area is 197 Å². The molecule has 1 aliphatic rings. The van der Waals surface area contributed by atoms with Crippen LogP contribution in [-0.2, 0) is 15.8 Å². The number of benzene rings is 3. The fourth-order valence-electron chi connectivity index (χ4n) is 4.10. The lowest BCUT2D eigenvalue weighted by Crippen LogP contribution is -2.30. The molecule has 1 aliphatic heterocycles. The third-order valence-corrected chi connectivity index (χ3v) is 5.76. The quantitative estimate of drug-likeness (QED) is 0.220. The average molecular weight is 485 g/mol. The summed E-state index contributed by atoms with van der Waals surface area (Å²) in [4.78, 5) is 27.0. The summed E-state index contributed by atoms with van der Waals surface area (Å²) < 4.78 is 60.1. The first-order valence-electron chi connectivity index (χ1n) is 10.4. The van der Waals surface area contributed by atoms with Gasteiger partial charge in [-0.2, -0.15) is 13.2 Å². The first-order chi connectivity index (χ1) is 16.5. The van der Waals surface area contributed by atoms with E-state index >= 15 is 0 Å². The Kier molecular flexibility index (Phi) is 6.10. The van der Waals surface area contributed by atoms with E-state index in [0.29, 0.717) is 17.4 Å². The van der Waals surface area contributed by atoms with Crippen LogP contribution < -0.4 is 9.64 Å². The molecule has 0 saturated carbocycles. The van der Waals surface area contributed by atoms with Crippen molar-refractivity contribution in [3.8, 4) is 5.75 Å². The number of anilines is 1. The normalized spacial score (nSPS) is 17.7. The molecule has 1 saturated heterocycles. The molecule has 1 N–H and O–H groups in total. The number of rotatable bonds is 4. The number of aliphatic hydroxyl groups is 1. The second kappa shape index (κ2) is 8.90. The van der Waals surface area contributed by atoms with E-state index in [1.165, 1.54) is 43.5 Å². The number of hydrogen-bond donors (Lipinski definition) is 1. The van der Waals surface area contributed by atoms with E-state index in [-0.39, 0.29) is 16.8 Å². The fourth-order valence-corrected chi connectivity index (χ4v) is 4.10. The van der Waals surface area contributed by atoms with Crippen molar-refractivity contribution >= 4 is 23.1 Å². The molecule has 0 aromatic heterocycles. The molecule has 1 unspecified atom stereocenters. The first-order valence-corrected chi connectivity index (χ1v) is 10.4. The Morgan fingerprint density at radius 3 is 2.34 bits per heavy atom. The van der Waals surface area contributed by atoms with E-state index in [9.17, 15) is 32.3 Å². The maximum absolute atomic E-state index is 14.9. The Morgan fingerprint density at radius 2 is 1.71 bits per heavy atom. The van der Waals surface area contributed by atoms with Gasteiger partial charge >= 0.3 is 6.18 Å². The van der Waals surface area contributed by atoms with Gasteiger partial charge in [0.05, 0.1) is 24.3 Å². The molecular formula is C26H19F4NO4. The summed E-state index contributed by atoms with van der Waals surface area (Å²) in [5, 5.41) is 11.1. The minimum Gasteiger partial charge on any atom is -0.507 e. The maximum atomic E-state index is 14.9. The fraction of sp³-hybridized carbons (Fsp3) is 0.154. The zero-order valence-corrected chi connectivity index (χ0v) is 18.6. The molecule has 5 nitrogen and oxygen atoms in total. The maximum Gasteiger partial charge on any atom is 0.416 e. The number of nitrogens with zero attached hydrogens (tertiary/aromatic N) is 1. The van der Waals surface area contributed by atoms with E-state index in [1.54, 1.807) is 13.0 Å². The van der Waals surface area contributed by atoms with Gasteiger partial charge in [-0.05, 0) is 55.0 Å². The summed E-state index contributed by atoms with van der Waals surface area (Å²) in [5.74, 6) is -3.22. The van der Waals surface area contributed by atoms with Crippen LogP contribution in [-0.4, -0.2) is 23.9 Å². The van der Waals surface area contributed by atoms with Crippen LogP contribution in [0, 0.1) is 12.7 Å². The number of amides is 1. The number of halogens is 4.